The zero-order chi connectivity index (χ0) is 23.8. The van der Waals surface area contributed by atoms with Gasteiger partial charge in [0.2, 0.25) is 0 Å². The Labute approximate surface area is 183 Å². The van der Waals surface area contributed by atoms with Crippen molar-refractivity contribution in [2.24, 2.45) is 0 Å². The summed E-state index contributed by atoms with van der Waals surface area (Å²) in [5.41, 5.74) is 0.705. The third-order valence-electron chi connectivity index (χ3n) is 3.68. The van der Waals surface area contributed by atoms with Crippen molar-refractivity contribution in [3.05, 3.63) is 47.5 Å². The first-order valence-corrected chi connectivity index (χ1v) is 9.34. The quantitative estimate of drug-likeness (QED) is 0.505. The molecule has 0 spiro atoms. The summed E-state index contributed by atoms with van der Waals surface area (Å²) in [5.74, 6) is -2.95. The molecule has 0 saturated heterocycles. The summed E-state index contributed by atoms with van der Waals surface area (Å²) in [4.78, 5) is 57.6. The zero-order valence-corrected chi connectivity index (χ0v) is 17.8. The molecule has 0 aromatic heterocycles. The summed E-state index contributed by atoms with van der Waals surface area (Å²) >= 11 is 0. The van der Waals surface area contributed by atoms with Crippen LogP contribution in [0.2, 0.25) is 0 Å². The van der Waals surface area contributed by atoms with Gasteiger partial charge in [-0.05, 0) is 35.9 Å². The van der Waals surface area contributed by atoms with Crippen LogP contribution >= 0.6 is 0 Å². The van der Waals surface area contributed by atoms with E-state index in [1.165, 1.54) is 58.0 Å². The molecule has 0 unspecified atom stereocenters. The fourth-order valence-electron chi connectivity index (χ4n) is 2.54. The molecule has 10 nitrogen and oxygen atoms in total. The van der Waals surface area contributed by atoms with Crippen LogP contribution in [0.5, 0.6) is 23.0 Å². The van der Waals surface area contributed by atoms with Gasteiger partial charge in [0, 0.05) is 39.8 Å². The second-order valence-corrected chi connectivity index (χ2v) is 6.50. The van der Waals surface area contributed by atoms with Crippen molar-refractivity contribution in [3.8, 4) is 23.0 Å². The number of carbonyl (C=O) groups excluding carboxylic acids is 5. The second kappa shape index (κ2) is 10.7. The van der Waals surface area contributed by atoms with E-state index in [4.69, 9.17) is 18.9 Å². The summed E-state index contributed by atoms with van der Waals surface area (Å²) in [6, 6.07) is 8.47. The molecule has 0 atom stereocenters. The van der Waals surface area contributed by atoms with Gasteiger partial charge in [0.1, 0.15) is 0 Å². The number of esters is 4. The maximum absolute atomic E-state index is 12.6. The van der Waals surface area contributed by atoms with E-state index in [0.717, 1.165) is 0 Å². The van der Waals surface area contributed by atoms with Crippen LogP contribution in [-0.4, -0.2) is 29.8 Å². The van der Waals surface area contributed by atoms with E-state index in [2.05, 4.69) is 5.32 Å². The molecular formula is C22H21NO9. The van der Waals surface area contributed by atoms with Gasteiger partial charge in [-0.25, -0.2) is 0 Å². The van der Waals surface area contributed by atoms with Crippen molar-refractivity contribution in [1.29, 1.82) is 0 Å². The predicted octanol–water partition coefficient (Wildman–Crippen LogP) is 2.32. The van der Waals surface area contributed by atoms with Crippen molar-refractivity contribution in [1.82, 2.24) is 5.32 Å². The Morgan fingerprint density at radius 3 is 1.56 bits per heavy atom. The highest BCUT2D eigenvalue weighted by Gasteiger charge is 2.16. The van der Waals surface area contributed by atoms with Gasteiger partial charge in [-0.3, -0.25) is 24.0 Å². The lowest BCUT2D eigenvalue weighted by Crippen LogP contribution is -2.23. The average molecular weight is 443 g/mol. The summed E-state index contributed by atoms with van der Waals surface area (Å²) < 4.78 is 20.0. The van der Waals surface area contributed by atoms with Crippen molar-refractivity contribution in [3.63, 3.8) is 0 Å². The number of carbonyl (C=O) groups is 5. The Morgan fingerprint density at radius 2 is 1.06 bits per heavy atom. The molecule has 0 aliphatic carbocycles. The van der Waals surface area contributed by atoms with E-state index in [-0.39, 0.29) is 35.1 Å². The fraction of sp³-hybridized carbons (Fsp3) is 0.227. The third-order valence-corrected chi connectivity index (χ3v) is 3.68. The minimum Gasteiger partial charge on any atom is -0.423 e. The van der Waals surface area contributed by atoms with Crippen LogP contribution in [0.3, 0.4) is 0 Å². The molecule has 168 valence electrons. The monoisotopic (exact) mass is 443 g/mol. The predicted molar refractivity (Wildman–Crippen MR) is 109 cm³/mol. The Balaban J connectivity index is 2.19. The van der Waals surface area contributed by atoms with Gasteiger partial charge in [-0.15, -0.1) is 0 Å². The lowest BCUT2D eigenvalue weighted by molar-refractivity contribution is -0.134. The van der Waals surface area contributed by atoms with Crippen LogP contribution < -0.4 is 24.3 Å². The Bertz CT molecular complexity index is 1080. The molecule has 0 aliphatic rings. The molecule has 0 heterocycles. The Kier molecular flexibility index (Phi) is 8.05. The van der Waals surface area contributed by atoms with E-state index in [1.54, 1.807) is 6.07 Å². The van der Waals surface area contributed by atoms with Gasteiger partial charge < -0.3 is 24.3 Å². The summed E-state index contributed by atoms with van der Waals surface area (Å²) in [6.07, 6.45) is 0. The number of hydrogen-bond acceptors (Lipinski definition) is 9. The van der Waals surface area contributed by atoms with Gasteiger partial charge in [0.25, 0.3) is 5.91 Å². The van der Waals surface area contributed by atoms with Crippen LogP contribution in [0.25, 0.3) is 0 Å². The van der Waals surface area contributed by atoms with Crippen molar-refractivity contribution in [2.75, 3.05) is 0 Å². The third kappa shape index (κ3) is 7.24. The maximum atomic E-state index is 12.6. The molecule has 1 amide bonds. The summed E-state index contributed by atoms with van der Waals surface area (Å²) in [6.45, 7) is 4.82. The highest BCUT2D eigenvalue weighted by molar-refractivity contribution is 5.95. The lowest BCUT2D eigenvalue weighted by atomic mass is 10.1. The molecule has 2 aromatic carbocycles. The smallest absolute Gasteiger partial charge is 0.308 e. The number of amides is 1. The normalized spacial score (nSPS) is 10.0. The molecule has 10 heteroatoms. The Morgan fingerprint density at radius 1 is 0.625 bits per heavy atom. The summed E-state index contributed by atoms with van der Waals surface area (Å²) in [5, 5.41) is 2.66. The van der Waals surface area contributed by atoms with E-state index >= 15 is 0 Å². The number of benzene rings is 2. The van der Waals surface area contributed by atoms with E-state index in [0.29, 0.717) is 5.56 Å². The number of nitrogens with one attached hydrogen (secondary N) is 1. The maximum Gasteiger partial charge on any atom is 0.308 e. The molecule has 0 aliphatic heterocycles. The van der Waals surface area contributed by atoms with E-state index < -0.39 is 29.8 Å². The largest absolute Gasteiger partial charge is 0.423 e. The van der Waals surface area contributed by atoms with Crippen LogP contribution in [0, 0.1) is 0 Å². The molecule has 0 fully saturated rings. The van der Waals surface area contributed by atoms with Crippen molar-refractivity contribution in [2.45, 2.75) is 34.2 Å². The molecule has 32 heavy (non-hydrogen) atoms. The topological polar surface area (TPSA) is 134 Å². The fourth-order valence-corrected chi connectivity index (χ4v) is 2.54. The number of ether oxygens (including phenoxy) is 4. The SMILES string of the molecule is CC(=O)Oc1ccc(CNC(=O)c2ccc(OC(C)=O)c(OC(C)=O)c2)cc1OC(C)=O. The van der Waals surface area contributed by atoms with E-state index in [9.17, 15) is 24.0 Å². The van der Waals surface area contributed by atoms with Gasteiger partial charge in [0.15, 0.2) is 23.0 Å². The molecular weight excluding hydrogens is 422 g/mol. The van der Waals surface area contributed by atoms with Crippen molar-refractivity contribution < 1.29 is 42.9 Å². The average Bonchev–Trinajstić information content (AvgIpc) is 2.67. The number of rotatable bonds is 7. The minimum atomic E-state index is -0.651. The first kappa shape index (κ1) is 24.1. The van der Waals surface area contributed by atoms with Crippen LogP contribution in [-0.2, 0) is 25.7 Å². The van der Waals surface area contributed by atoms with Crippen LogP contribution in [0.1, 0.15) is 43.6 Å². The second-order valence-electron chi connectivity index (χ2n) is 6.50. The minimum absolute atomic E-state index is 0.00339. The van der Waals surface area contributed by atoms with Gasteiger partial charge in [-0.2, -0.15) is 0 Å². The lowest BCUT2D eigenvalue weighted by Gasteiger charge is -2.12. The van der Waals surface area contributed by atoms with Crippen LogP contribution in [0.4, 0.5) is 0 Å². The molecule has 0 radical (unpaired) electrons. The molecule has 0 saturated carbocycles. The highest BCUT2D eigenvalue weighted by Crippen LogP contribution is 2.30. The molecule has 1 N–H and O–H groups in total. The molecule has 2 aromatic rings. The Hall–Kier alpha value is -4.21. The first-order chi connectivity index (χ1) is 15.0. The number of hydrogen-bond donors (Lipinski definition) is 1. The van der Waals surface area contributed by atoms with Gasteiger partial charge in [-0.1, -0.05) is 6.07 Å². The van der Waals surface area contributed by atoms with Gasteiger partial charge >= 0.3 is 23.9 Å². The summed E-state index contributed by atoms with van der Waals surface area (Å²) in [7, 11) is 0. The highest BCUT2D eigenvalue weighted by atomic mass is 16.6. The standard InChI is InChI=1S/C22H21NO9/c1-12(24)29-18-7-5-16(9-20(18)31-14(3)26)11-23-22(28)17-6-8-19(30-13(2)25)21(10-17)32-15(4)27/h5-10H,11H2,1-4H3,(H,23,28). The van der Waals surface area contributed by atoms with Gasteiger partial charge in [0.05, 0.1) is 0 Å². The van der Waals surface area contributed by atoms with Crippen molar-refractivity contribution >= 4 is 29.8 Å². The first-order valence-electron chi connectivity index (χ1n) is 9.34. The molecule has 2 rings (SSSR count). The zero-order valence-electron chi connectivity index (χ0n) is 17.8. The van der Waals surface area contributed by atoms with Crippen LogP contribution in [0.15, 0.2) is 36.4 Å². The van der Waals surface area contributed by atoms with E-state index in [1.807, 2.05) is 0 Å². The molecule has 0 bridgehead atoms.